The molecule has 0 saturated carbocycles. The van der Waals surface area contributed by atoms with Crippen LogP contribution in [0.1, 0.15) is 5.69 Å². The molecule has 0 fully saturated rings. The van der Waals surface area contributed by atoms with Crippen LogP contribution in [0.4, 0.5) is 5.13 Å². The quantitative estimate of drug-likeness (QED) is 0.427. The van der Waals surface area contributed by atoms with E-state index in [0.29, 0.717) is 5.13 Å². The molecule has 0 spiro atoms. The van der Waals surface area contributed by atoms with Gasteiger partial charge in [-0.1, -0.05) is 5.16 Å². The van der Waals surface area contributed by atoms with Crippen LogP contribution in [-0.4, -0.2) is 21.8 Å². The third-order valence-corrected chi connectivity index (χ3v) is 2.14. The van der Waals surface area contributed by atoms with Crippen molar-refractivity contribution in [2.24, 2.45) is 5.16 Å². The highest BCUT2D eigenvalue weighted by Crippen LogP contribution is 2.13. The molecule has 0 atom stereocenters. The van der Waals surface area contributed by atoms with Crippen LogP contribution in [0.2, 0.25) is 0 Å². The highest BCUT2D eigenvalue weighted by molar-refractivity contribution is 7.14. The van der Waals surface area contributed by atoms with Crippen molar-refractivity contribution < 1.29 is 10.0 Å². The van der Waals surface area contributed by atoms with E-state index in [4.69, 9.17) is 10.5 Å². The fourth-order valence-electron chi connectivity index (χ4n) is 0.686. The number of amides is 1. The smallest absolute Gasteiger partial charge is 0.290 e. The minimum absolute atomic E-state index is 0.365. The van der Waals surface area contributed by atoms with Crippen molar-refractivity contribution >= 4 is 28.1 Å². The lowest BCUT2D eigenvalue weighted by Crippen LogP contribution is -2.21. The molecule has 1 aromatic rings. The van der Waals surface area contributed by atoms with E-state index in [1.807, 2.05) is 0 Å². The molecule has 0 aromatic carbocycles. The van der Waals surface area contributed by atoms with Crippen LogP contribution in [-0.2, 0) is 4.79 Å². The Morgan fingerprint density at radius 3 is 3.00 bits per heavy atom. The molecule has 1 amide bonds. The molecule has 0 saturated heterocycles. The second kappa shape index (κ2) is 4.34. The van der Waals surface area contributed by atoms with E-state index in [1.165, 1.54) is 17.4 Å². The minimum atomic E-state index is -0.774. The second-order valence-electron chi connectivity index (χ2n) is 2.31. The molecule has 1 rings (SSSR count). The van der Waals surface area contributed by atoms with Crippen LogP contribution in [0.3, 0.4) is 0 Å². The maximum absolute atomic E-state index is 11.1. The van der Waals surface area contributed by atoms with Gasteiger partial charge in [0.05, 0.1) is 5.69 Å². The number of nitrogens with zero attached hydrogens (tertiary/aromatic N) is 3. The zero-order valence-electron chi connectivity index (χ0n) is 7.18. The molecule has 14 heavy (non-hydrogen) atoms. The maximum atomic E-state index is 11.1. The summed E-state index contributed by atoms with van der Waals surface area (Å²) >= 11 is 1.23. The number of carbonyl (C=O) groups is 1. The number of carbonyl (C=O) groups excluding carboxylic acids is 1. The number of aryl methyl sites for hydroxylation is 1. The summed E-state index contributed by atoms with van der Waals surface area (Å²) in [7, 11) is 0. The number of hydrogen-bond acceptors (Lipinski definition) is 6. The van der Waals surface area contributed by atoms with Gasteiger partial charge in [-0.05, 0) is 6.92 Å². The highest BCUT2D eigenvalue weighted by Gasteiger charge is 2.12. The Hall–Kier alpha value is -1.94. The van der Waals surface area contributed by atoms with E-state index in [-0.39, 0.29) is 0 Å². The first-order valence-electron chi connectivity index (χ1n) is 3.53. The monoisotopic (exact) mass is 210 g/mol. The lowest BCUT2D eigenvalue weighted by atomic mass is 10.4. The van der Waals surface area contributed by atoms with Gasteiger partial charge in [0, 0.05) is 5.38 Å². The predicted molar refractivity (Wildman–Crippen MR) is 50.3 cm³/mol. The molecule has 0 unspecified atom stereocenters. The first-order chi connectivity index (χ1) is 6.67. The summed E-state index contributed by atoms with van der Waals surface area (Å²) in [5, 5.41) is 23.6. The van der Waals surface area contributed by atoms with E-state index in [2.05, 4.69) is 15.5 Å². The topological polar surface area (TPSA) is 98.4 Å². The molecule has 72 valence electrons. The number of nitriles is 1. The van der Waals surface area contributed by atoms with Crippen LogP contribution >= 0.6 is 11.3 Å². The van der Waals surface area contributed by atoms with E-state index in [1.54, 1.807) is 12.3 Å². The lowest BCUT2D eigenvalue weighted by molar-refractivity contribution is -0.110. The Balaban J connectivity index is 2.72. The standard InChI is InChI=1S/C7H6N4O2S/c1-4-3-14-7(9-4)10-6(12)5(2-8)11-13/h3,13H,1H3,(H,9,10,12). The summed E-state index contributed by atoms with van der Waals surface area (Å²) in [6.45, 7) is 1.78. The molecule has 7 heteroatoms. The van der Waals surface area contributed by atoms with E-state index >= 15 is 0 Å². The summed E-state index contributed by atoms with van der Waals surface area (Å²) in [5.74, 6) is -0.774. The Labute approximate surface area is 83.5 Å². The van der Waals surface area contributed by atoms with Crippen molar-refractivity contribution in [2.45, 2.75) is 6.92 Å². The third-order valence-electron chi connectivity index (χ3n) is 1.26. The number of thiazole rings is 1. The predicted octanol–water partition coefficient (Wildman–Crippen LogP) is 0.744. The van der Waals surface area contributed by atoms with Gasteiger partial charge in [0.2, 0.25) is 5.71 Å². The normalized spacial score (nSPS) is 10.7. The maximum Gasteiger partial charge on any atom is 0.290 e. The van der Waals surface area contributed by atoms with Crippen molar-refractivity contribution in [3.05, 3.63) is 11.1 Å². The Bertz CT molecular complexity index is 418. The van der Waals surface area contributed by atoms with Gasteiger partial charge < -0.3 is 5.21 Å². The SMILES string of the molecule is Cc1csc(NC(=O)C(C#N)=NO)n1. The van der Waals surface area contributed by atoms with Crippen LogP contribution in [0.25, 0.3) is 0 Å². The molecule has 0 aliphatic rings. The molecule has 1 aromatic heterocycles. The average Bonchev–Trinajstić information content (AvgIpc) is 2.53. The fraction of sp³-hybridized carbons (Fsp3) is 0.143. The Morgan fingerprint density at radius 2 is 2.57 bits per heavy atom. The summed E-state index contributed by atoms with van der Waals surface area (Å²) in [6, 6.07) is 1.44. The lowest BCUT2D eigenvalue weighted by Gasteiger charge is -1.95. The fourth-order valence-corrected chi connectivity index (χ4v) is 1.37. The number of rotatable bonds is 2. The summed E-state index contributed by atoms with van der Waals surface area (Å²) in [5.41, 5.74) is 0.169. The van der Waals surface area contributed by atoms with Crippen LogP contribution in [0.5, 0.6) is 0 Å². The zero-order chi connectivity index (χ0) is 10.6. The van der Waals surface area contributed by atoms with Crippen molar-refractivity contribution in [3.8, 4) is 6.07 Å². The molecule has 0 bridgehead atoms. The van der Waals surface area contributed by atoms with Crippen LogP contribution < -0.4 is 5.32 Å². The van der Waals surface area contributed by atoms with Crippen LogP contribution in [0, 0.1) is 18.3 Å². The number of anilines is 1. The molecular weight excluding hydrogens is 204 g/mol. The number of nitrogens with one attached hydrogen (secondary N) is 1. The Kier molecular flexibility index (Phi) is 3.14. The number of hydrogen-bond donors (Lipinski definition) is 2. The summed E-state index contributed by atoms with van der Waals surface area (Å²) in [6.07, 6.45) is 0. The van der Waals surface area contributed by atoms with Crippen molar-refractivity contribution in [2.75, 3.05) is 5.32 Å². The third kappa shape index (κ3) is 2.27. The van der Waals surface area contributed by atoms with E-state index < -0.39 is 11.6 Å². The van der Waals surface area contributed by atoms with Gasteiger partial charge in [-0.25, -0.2) is 4.98 Å². The average molecular weight is 210 g/mol. The highest BCUT2D eigenvalue weighted by atomic mass is 32.1. The second-order valence-corrected chi connectivity index (χ2v) is 3.17. The first kappa shape index (κ1) is 10.1. The van der Waals surface area contributed by atoms with Crippen molar-refractivity contribution in [3.63, 3.8) is 0 Å². The van der Waals surface area contributed by atoms with Crippen LogP contribution in [0.15, 0.2) is 10.5 Å². The number of oxime groups is 1. The van der Waals surface area contributed by atoms with Gasteiger partial charge in [-0.2, -0.15) is 5.26 Å². The molecule has 6 nitrogen and oxygen atoms in total. The largest absolute Gasteiger partial charge is 0.410 e. The van der Waals surface area contributed by atoms with Gasteiger partial charge in [0.1, 0.15) is 6.07 Å². The summed E-state index contributed by atoms with van der Waals surface area (Å²) < 4.78 is 0. The van der Waals surface area contributed by atoms with Gasteiger partial charge >= 0.3 is 0 Å². The van der Waals surface area contributed by atoms with Crippen molar-refractivity contribution in [1.29, 1.82) is 5.26 Å². The molecule has 2 N–H and O–H groups in total. The van der Waals surface area contributed by atoms with Gasteiger partial charge in [-0.15, -0.1) is 11.3 Å². The van der Waals surface area contributed by atoms with Crippen molar-refractivity contribution in [1.82, 2.24) is 4.98 Å². The zero-order valence-corrected chi connectivity index (χ0v) is 8.00. The molecule has 0 aliphatic carbocycles. The summed E-state index contributed by atoms with van der Waals surface area (Å²) in [4.78, 5) is 15.1. The van der Waals surface area contributed by atoms with E-state index in [9.17, 15) is 4.79 Å². The minimum Gasteiger partial charge on any atom is -0.410 e. The molecule has 1 heterocycles. The number of aromatic nitrogens is 1. The van der Waals surface area contributed by atoms with Gasteiger partial charge in [-0.3, -0.25) is 10.1 Å². The van der Waals surface area contributed by atoms with E-state index in [0.717, 1.165) is 5.69 Å². The molecule has 0 aliphatic heterocycles. The van der Waals surface area contributed by atoms with Gasteiger partial charge in [0.15, 0.2) is 5.13 Å². The first-order valence-corrected chi connectivity index (χ1v) is 4.41. The molecule has 0 radical (unpaired) electrons. The van der Waals surface area contributed by atoms with Gasteiger partial charge in [0.25, 0.3) is 5.91 Å². The Morgan fingerprint density at radius 1 is 1.86 bits per heavy atom. The molecular formula is C7H6N4O2S.